The van der Waals surface area contributed by atoms with E-state index in [1.807, 2.05) is 0 Å². The Labute approximate surface area is 86.7 Å². The molecule has 82 valence electrons. The third-order valence-corrected chi connectivity index (χ3v) is 3.92. The van der Waals surface area contributed by atoms with Crippen LogP contribution in [-0.4, -0.2) is 23.8 Å². The topological polar surface area (TPSA) is 3.24 Å². The molecule has 1 aliphatic carbocycles. The van der Waals surface area contributed by atoms with E-state index in [1.54, 1.807) is 0 Å². The van der Waals surface area contributed by atoms with Gasteiger partial charge in [-0.2, -0.15) is 0 Å². The minimum absolute atomic E-state index is 0.557. The van der Waals surface area contributed by atoms with Gasteiger partial charge in [0.15, 0.2) is 6.30 Å². The van der Waals surface area contributed by atoms with Crippen LogP contribution in [0.1, 0.15) is 51.9 Å². The van der Waals surface area contributed by atoms with Crippen LogP contribution in [0.4, 0.5) is 4.39 Å². The minimum Gasteiger partial charge on any atom is -0.271 e. The lowest BCUT2D eigenvalue weighted by atomic mass is 9.86. The molecule has 1 unspecified atom stereocenters. The summed E-state index contributed by atoms with van der Waals surface area (Å²) in [5.74, 6) is 0.870. The van der Waals surface area contributed by atoms with Gasteiger partial charge in [0.1, 0.15) is 0 Å². The summed E-state index contributed by atoms with van der Waals surface area (Å²) in [4.78, 5) is 2.13. The van der Waals surface area contributed by atoms with E-state index < -0.39 is 6.30 Å². The molecule has 0 aromatic heterocycles. The highest BCUT2D eigenvalue weighted by atomic mass is 19.1. The van der Waals surface area contributed by atoms with Gasteiger partial charge in [-0.1, -0.05) is 6.92 Å². The van der Waals surface area contributed by atoms with Crippen molar-refractivity contribution in [2.24, 2.45) is 5.92 Å². The molecule has 0 spiro atoms. The fourth-order valence-electron chi connectivity index (χ4n) is 2.90. The summed E-state index contributed by atoms with van der Waals surface area (Å²) in [6.07, 6.45) is 7.46. The predicted octanol–water partition coefficient (Wildman–Crippen LogP) is 3.35. The first-order valence-corrected chi connectivity index (χ1v) is 6.17. The molecule has 14 heavy (non-hydrogen) atoms. The van der Waals surface area contributed by atoms with Gasteiger partial charge in [0, 0.05) is 12.6 Å². The Morgan fingerprint density at radius 2 is 1.71 bits per heavy atom. The first-order chi connectivity index (χ1) is 6.77. The second-order valence-corrected chi connectivity index (χ2v) is 5.08. The van der Waals surface area contributed by atoms with E-state index in [9.17, 15) is 4.39 Å². The van der Waals surface area contributed by atoms with E-state index in [4.69, 9.17) is 0 Å². The first kappa shape index (κ1) is 10.4. The van der Waals surface area contributed by atoms with Crippen LogP contribution in [0.5, 0.6) is 0 Å². The predicted molar refractivity (Wildman–Crippen MR) is 56.9 cm³/mol. The minimum atomic E-state index is -0.637. The molecule has 1 saturated heterocycles. The molecule has 2 heteroatoms. The van der Waals surface area contributed by atoms with Crippen molar-refractivity contribution in [2.75, 3.05) is 6.54 Å². The molecule has 0 bridgehead atoms. The lowest BCUT2D eigenvalue weighted by Crippen LogP contribution is -2.45. The second-order valence-electron chi connectivity index (χ2n) is 5.08. The number of halogens is 1. The van der Waals surface area contributed by atoms with Gasteiger partial charge in [0.2, 0.25) is 0 Å². The van der Waals surface area contributed by atoms with Crippen molar-refractivity contribution in [2.45, 2.75) is 64.2 Å². The lowest BCUT2D eigenvalue weighted by molar-refractivity contribution is -0.00615. The maximum Gasteiger partial charge on any atom is 0.153 e. The van der Waals surface area contributed by atoms with Crippen molar-refractivity contribution >= 4 is 0 Å². The van der Waals surface area contributed by atoms with Crippen LogP contribution in [-0.2, 0) is 0 Å². The van der Waals surface area contributed by atoms with E-state index >= 15 is 0 Å². The summed E-state index contributed by atoms with van der Waals surface area (Å²) in [6.45, 7) is 3.32. The van der Waals surface area contributed by atoms with Gasteiger partial charge in [-0.05, 0) is 50.9 Å². The van der Waals surface area contributed by atoms with Gasteiger partial charge < -0.3 is 0 Å². The fourth-order valence-corrected chi connectivity index (χ4v) is 2.90. The van der Waals surface area contributed by atoms with E-state index in [2.05, 4.69) is 11.8 Å². The molecule has 1 aliphatic heterocycles. The molecule has 0 N–H and O–H groups in total. The Morgan fingerprint density at radius 3 is 2.36 bits per heavy atom. The zero-order valence-electron chi connectivity index (χ0n) is 9.21. The van der Waals surface area contributed by atoms with Crippen molar-refractivity contribution in [3.05, 3.63) is 0 Å². The molecule has 0 aromatic rings. The van der Waals surface area contributed by atoms with Crippen LogP contribution in [0.3, 0.4) is 0 Å². The molecule has 0 amide bonds. The zero-order chi connectivity index (χ0) is 9.97. The van der Waals surface area contributed by atoms with Crippen LogP contribution in [0, 0.1) is 5.92 Å². The quantitative estimate of drug-likeness (QED) is 0.585. The number of likely N-dealkylation sites (tertiary alicyclic amines) is 1. The van der Waals surface area contributed by atoms with Gasteiger partial charge in [-0.25, -0.2) is 4.39 Å². The molecule has 1 heterocycles. The van der Waals surface area contributed by atoms with Crippen LogP contribution < -0.4 is 0 Å². The Balaban J connectivity index is 1.87. The van der Waals surface area contributed by atoms with Gasteiger partial charge in [-0.3, -0.25) is 4.90 Å². The van der Waals surface area contributed by atoms with Crippen LogP contribution >= 0.6 is 0 Å². The maximum absolute atomic E-state index is 13.7. The normalized spacial score (nSPS) is 41.1. The number of nitrogens with zero attached hydrogens (tertiary/aromatic N) is 1. The average molecular weight is 199 g/mol. The number of hydrogen-bond acceptors (Lipinski definition) is 1. The largest absolute Gasteiger partial charge is 0.271 e. The molecule has 2 rings (SSSR count). The third kappa shape index (κ3) is 2.28. The van der Waals surface area contributed by atoms with Crippen molar-refractivity contribution < 1.29 is 4.39 Å². The van der Waals surface area contributed by atoms with Crippen LogP contribution in [0.25, 0.3) is 0 Å². The molecule has 2 aliphatic rings. The van der Waals surface area contributed by atoms with Crippen molar-refractivity contribution in [1.82, 2.24) is 4.90 Å². The number of rotatable bonds is 1. The third-order valence-electron chi connectivity index (χ3n) is 3.92. The highest BCUT2D eigenvalue weighted by molar-refractivity contribution is 4.81. The van der Waals surface area contributed by atoms with E-state index in [0.717, 1.165) is 25.3 Å². The van der Waals surface area contributed by atoms with Gasteiger partial charge in [0.25, 0.3) is 0 Å². The van der Waals surface area contributed by atoms with Crippen molar-refractivity contribution in [3.63, 3.8) is 0 Å². The monoisotopic (exact) mass is 199 g/mol. The SMILES string of the molecule is CC1CCC(N2CCCCC2F)CC1. The summed E-state index contributed by atoms with van der Waals surface area (Å²) in [6, 6.07) is 0.557. The van der Waals surface area contributed by atoms with E-state index in [-0.39, 0.29) is 0 Å². The van der Waals surface area contributed by atoms with Crippen molar-refractivity contribution in [3.8, 4) is 0 Å². The van der Waals surface area contributed by atoms with E-state index in [1.165, 1.54) is 32.1 Å². The fraction of sp³-hybridized carbons (Fsp3) is 1.00. The van der Waals surface area contributed by atoms with Gasteiger partial charge in [0.05, 0.1) is 0 Å². The molecule has 0 aromatic carbocycles. The lowest BCUT2D eigenvalue weighted by Gasteiger charge is -2.40. The van der Waals surface area contributed by atoms with Crippen LogP contribution in [0.15, 0.2) is 0 Å². The molecular weight excluding hydrogens is 177 g/mol. The number of alkyl halides is 1. The van der Waals surface area contributed by atoms with Gasteiger partial charge >= 0.3 is 0 Å². The Bertz CT molecular complexity index is 175. The van der Waals surface area contributed by atoms with Crippen LogP contribution in [0.2, 0.25) is 0 Å². The summed E-state index contributed by atoms with van der Waals surface area (Å²) in [5.41, 5.74) is 0. The van der Waals surface area contributed by atoms with Gasteiger partial charge in [-0.15, -0.1) is 0 Å². The Hall–Kier alpha value is -0.110. The smallest absolute Gasteiger partial charge is 0.153 e. The molecule has 2 fully saturated rings. The maximum atomic E-state index is 13.7. The first-order valence-electron chi connectivity index (χ1n) is 6.17. The summed E-state index contributed by atoms with van der Waals surface area (Å²) in [5, 5.41) is 0. The Morgan fingerprint density at radius 1 is 1.00 bits per heavy atom. The zero-order valence-corrected chi connectivity index (χ0v) is 9.21. The molecule has 1 nitrogen and oxygen atoms in total. The van der Waals surface area contributed by atoms with E-state index in [0.29, 0.717) is 6.04 Å². The standard InChI is InChI=1S/C12H22FN/c1-10-5-7-11(8-6-10)14-9-3-2-4-12(14)13/h10-12H,2-9H2,1H3. The number of piperidine rings is 1. The highest BCUT2D eigenvalue weighted by Crippen LogP contribution is 2.31. The summed E-state index contributed by atoms with van der Waals surface area (Å²) < 4.78 is 13.7. The number of hydrogen-bond donors (Lipinski definition) is 0. The molecule has 0 radical (unpaired) electrons. The molecule has 1 saturated carbocycles. The molecule has 1 atom stereocenters. The summed E-state index contributed by atoms with van der Waals surface area (Å²) in [7, 11) is 0. The summed E-state index contributed by atoms with van der Waals surface area (Å²) >= 11 is 0. The molecular formula is C12H22FN. The Kier molecular flexibility index (Phi) is 3.42. The van der Waals surface area contributed by atoms with Crippen molar-refractivity contribution in [1.29, 1.82) is 0 Å². The average Bonchev–Trinajstić information content (AvgIpc) is 2.20. The highest BCUT2D eigenvalue weighted by Gasteiger charge is 2.30. The second kappa shape index (κ2) is 4.61.